The zero-order valence-electron chi connectivity index (χ0n) is 22.7. The zero-order chi connectivity index (χ0) is 29.8. The predicted molar refractivity (Wildman–Crippen MR) is 151 cm³/mol. The van der Waals surface area contributed by atoms with E-state index in [1.54, 1.807) is 9.47 Å². The molecule has 6 rings (SSSR count). The van der Waals surface area contributed by atoms with Crippen molar-refractivity contribution in [3.8, 4) is 5.75 Å². The molecule has 3 aliphatic rings. The van der Waals surface area contributed by atoms with Crippen molar-refractivity contribution in [2.45, 2.75) is 56.2 Å². The van der Waals surface area contributed by atoms with Gasteiger partial charge in [0.1, 0.15) is 23.8 Å². The van der Waals surface area contributed by atoms with Crippen molar-refractivity contribution in [2.75, 3.05) is 6.54 Å². The average molecular weight is 595 g/mol. The molecule has 2 N–H and O–H groups in total. The second-order valence-electron chi connectivity index (χ2n) is 11.0. The molecule has 2 bridgehead atoms. The average Bonchev–Trinajstić information content (AvgIpc) is 3.22. The van der Waals surface area contributed by atoms with E-state index in [1.165, 1.54) is 28.5 Å². The highest BCUT2D eigenvalue weighted by Crippen LogP contribution is 2.54. The number of carbonyl (C=O) groups is 3. The van der Waals surface area contributed by atoms with Crippen LogP contribution in [0, 0.1) is 11.6 Å². The summed E-state index contributed by atoms with van der Waals surface area (Å²) >= 11 is 1.26. The van der Waals surface area contributed by atoms with E-state index in [4.69, 9.17) is 10.5 Å². The molecule has 0 radical (unpaired) electrons. The Bertz CT molecular complexity index is 1670. The quantitative estimate of drug-likeness (QED) is 0.435. The summed E-state index contributed by atoms with van der Waals surface area (Å²) in [6, 6.07) is 11.6. The molecule has 2 fully saturated rings. The highest BCUT2D eigenvalue weighted by Gasteiger charge is 2.56. The number of halogens is 2. The minimum absolute atomic E-state index is 0.00128. The van der Waals surface area contributed by atoms with Gasteiger partial charge in [-0.25, -0.2) is 8.78 Å². The Hall–Kier alpha value is -4.19. The summed E-state index contributed by atoms with van der Waals surface area (Å²) in [4.78, 5) is 54.9. The van der Waals surface area contributed by atoms with Gasteiger partial charge < -0.3 is 19.9 Å². The van der Waals surface area contributed by atoms with Crippen molar-refractivity contribution in [2.24, 2.45) is 5.73 Å². The summed E-state index contributed by atoms with van der Waals surface area (Å²) < 4.78 is 36.2. The van der Waals surface area contributed by atoms with Crippen molar-refractivity contribution in [3.63, 3.8) is 0 Å². The molecule has 0 unspecified atom stereocenters. The van der Waals surface area contributed by atoms with Gasteiger partial charge in [-0.05, 0) is 43.3 Å². The fraction of sp³-hybridized carbons (Fsp3) is 0.333. The highest BCUT2D eigenvalue weighted by molar-refractivity contribution is 7.99. The van der Waals surface area contributed by atoms with Gasteiger partial charge >= 0.3 is 0 Å². The molecule has 42 heavy (non-hydrogen) atoms. The molecule has 4 heterocycles. The fourth-order valence-electron chi connectivity index (χ4n) is 6.06. The molecule has 0 aliphatic carbocycles. The number of amides is 3. The van der Waals surface area contributed by atoms with Crippen LogP contribution in [0.2, 0.25) is 0 Å². The van der Waals surface area contributed by atoms with Gasteiger partial charge in [-0.15, -0.1) is 0 Å². The number of hydrogen-bond donors (Lipinski definition) is 1. The number of nitrogens with zero attached hydrogens (tertiary/aromatic N) is 3. The van der Waals surface area contributed by atoms with Crippen LogP contribution in [-0.2, 0) is 17.9 Å². The van der Waals surface area contributed by atoms with Crippen molar-refractivity contribution in [3.05, 3.63) is 99.0 Å². The number of rotatable bonds is 6. The van der Waals surface area contributed by atoms with Crippen molar-refractivity contribution < 1.29 is 27.9 Å². The maximum absolute atomic E-state index is 14.5. The summed E-state index contributed by atoms with van der Waals surface area (Å²) in [6.45, 7) is 2.05. The summed E-state index contributed by atoms with van der Waals surface area (Å²) in [7, 11) is 0. The maximum Gasteiger partial charge on any atom is 0.274 e. The van der Waals surface area contributed by atoms with Crippen LogP contribution >= 0.6 is 11.9 Å². The van der Waals surface area contributed by atoms with Crippen LogP contribution in [0.3, 0.4) is 0 Å². The molecule has 0 saturated carbocycles. The van der Waals surface area contributed by atoms with Gasteiger partial charge in [0.2, 0.25) is 11.3 Å². The van der Waals surface area contributed by atoms with E-state index < -0.39 is 39.7 Å². The fourth-order valence-corrected chi connectivity index (χ4v) is 7.57. The molecule has 3 atom stereocenters. The van der Waals surface area contributed by atoms with E-state index in [-0.39, 0.29) is 60.6 Å². The molecule has 12 heteroatoms. The summed E-state index contributed by atoms with van der Waals surface area (Å²) in [5.74, 6) is -3.33. The first-order valence-electron chi connectivity index (χ1n) is 13.6. The number of pyridine rings is 1. The van der Waals surface area contributed by atoms with Crippen molar-refractivity contribution in [1.29, 1.82) is 0 Å². The van der Waals surface area contributed by atoms with Crippen LogP contribution in [0.5, 0.6) is 5.75 Å². The number of fused-ring (bicyclic) bond motifs is 5. The van der Waals surface area contributed by atoms with E-state index in [0.717, 1.165) is 17.7 Å². The van der Waals surface area contributed by atoms with Gasteiger partial charge in [-0.1, -0.05) is 36.4 Å². The Morgan fingerprint density at radius 2 is 1.90 bits per heavy atom. The van der Waals surface area contributed by atoms with Gasteiger partial charge in [-0.3, -0.25) is 23.5 Å². The van der Waals surface area contributed by atoms with E-state index in [1.807, 2.05) is 37.3 Å². The van der Waals surface area contributed by atoms with Gasteiger partial charge in [0.25, 0.3) is 11.8 Å². The minimum Gasteiger partial charge on any atom is -0.483 e. The number of carbonyl (C=O) groups excluding carboxylic acids is 3. The van der Waals surface area contributed by atoms with E-state index in [0.29, 0.717) is 12.8 Å². The number of hydrogen-bond acceptors (Lipinski definition) is 6. The first kappa shape index (κ1) is 28.0. The summed E-state index contributed by atoms with van der Waals surface area (Å²) in [6.07, 6.45) is 2.49. The van der Waals surface area contributed by atoms with Crippen LogP contribution in [-0.4, -0.2) is 48.8 Å². The predicted octanol–water partition coefficient (Wildman–Crippen LogP) is 3.80. The highest BCUT2D eigenvalue weighted by atomic mass is 32.2. The van der Waals surface area contributed by atoms with Gasteiger partial charge in [0.05, 0.1) is 17.3 Å². The Labute approximate surface area is 244 Å². The third-order valence-electron chi connectivity index (χ3n) is 8.33. The number of aromatic nitrogens is 1. The lowest BCUT2D eigenvalue weighted by molar-refractivity contribution is -0.126. The van der Waals surface area contributed by atoms with Gasteiger partial charge in [-0.2, -0.15) is 0 Å². The van der Waals surface area contributed by atoms with E-state index >= 15 is 0 Å². The molecule has 3 aromatic rings. The monoisotopic (exact) mass is 594 g/mol. The van der Waals surface area contributed by atoms with Crippen LogP contribution in [0.15, 0.2) is 59.5 Å². The van der Waals surface area contributed by atoms with Crippen molar-refractivity contribution in [1.82, 2.24) is 13.8 Å². The Kier molecular flexibility index (Phi) is 7.04. The third-order valence-corrected chi connectivity index (χ3v) is 9.86. The molecule has 2 saturated heterocycles. The van der Waals surface area contributed by atoms with Crippen LogP contribution in [0.1, 0.15) is 64.2 Å². The number of benzene rings is 2. The summed E-state index contributed by atoms with van der Waals surface area (Å²) in [5.41, 5.74) is 5.44. The van der Waals surface area contributed by atoms with Crippen LogP contribution in [0.4, 0.5) is 8.78 Å². The Balaban J connectivity index is 1.44. The lowest BCUT2D eigenvalue weighted by atomic mass is 9.88. The second kappa shape index (κ2) is 10.6. The molecule has 2 aromatic carbocycles. The summed E-state index contributed by atoms with van der Waals surface area (Å²) in [5, 5.41) is 0. The second-order valence-corrected chi connectivity index (χ2v) is 12.4. The number of nitrogens with two attached hydrogens (primary N) is 1. The number of primary amides is 1. The normalized spacial score (nSPS) is 23.2. The molecule has 1 spiro atoms. The molecule has 1 aromatic heterocycles. The maximum atomic E-state index is 14.5. The molecule has 9 nitrogen and oxygen atoms in total. The third kappa shape index (κ3) is 4.73. The molecule has 3 amide bonds. The minimum atomic E-state index is -0.964. The largest absolute Gasteiger partial charge is 0.483 e. The van der Waals surface area contributed by atoms with E-state index in [9.17, 15) is 28.0 Å². The van der Waals surface area contributed by atoms with Gasteiger partial charge in [0.15, 0.2) is 11.4 Å². The van der Waals surface area contributed by atoms with Crippen LogP contribution in [0.25, 0.3) is 0 Å². The first-order valence-corrected chi connectivity index (χ1v) is 14.4. The SMILES string of the molecule is C[C@H]1CC[C@@]2(CC(=O)N(Cc3ccc(F)cc3F)S2)[C@H]2CN1C(=O)c1c(OCc3ccccc3)c(=O)c(C(N)=O)cn12. The molecular formula is C30H28F2N4O5S. The lowest BCUT2D eigenvalue weighted by Crippen LogP contribution is -2.51. The zero-order valence-corrected chi connectivity index (χ0v) is 23.5. The molecule has 218 valence electrons. The van der Waals surface area contributed by atoms with E-state index in [2.05, 4.69) is 0 Å². The lowest BCUT2D eigenvalue weighted by Gasteiger charge is -2.42. The topological polar surface area (TPSA) is 115 Å². The smallest absolute Gasteiger partial charge is 0.274 e. The Morgan fingerprint density at radius 3 is 2.62 bits per heavy atom. The van der Waals surface area contributed by atoms with Crippen molar-refractivity contribution >= 4 is 29.7 Å². The standard InChI is InChI=1S/C30H28F2N4O5S/c1-17-9-10-30(12-24(37)36(42-30)13-19-7-8-20(31)11-22(19)32)23-15-34(17)29(40)25-27(41-16-18-5-3-2-4-6-18)26(38)21(28(33)39)14-35(23)25/h2-8,11,14,17,23H,9-10,12-13,15-16H2,1H3,(H2,33,39)/t17-,23+,30+/m0/s1. The molecular weight excluding hydrogens is 566 g/mol. The van der Waals surface area contributed by atoms with Crippen LogP contribution < -0.4 is 15.9 Å². The van der Waals surface area contributed by atoms with Gasteiger partial charge in [0, 0.05) is 36.8 Å². The first-order chi connectivity index (χ1) is 20.1. The number of ether oxygens (including phenoxy) is 1. The Morgan fingerprint density at radius 1 is 1.14 bits per heavy atom. The molecule has 3 aliphatic heterocycles.